The molecule has 0 heterocycles. The average molecular weight is 142 g/mol. The normalized spacial score (nSPS) is 11.3. The molecule has 2 nitrogen and oxygen atoms in total. The lowest BCUT2D eigenvalue weighted by Gasteiger charge is -2.01. The van der Waals surface area contributed by atoms with Crippen molar-refractivity contribution in [2.45, 2.75) is 45.6 Å². The second-order valence-electron chi connectivity index (χ2n) is 2.47. The van der Waals surface area contributed by atoms with Crippen molar-refractivity contribution in [1.29, 1.82) is 5.26 Å². The van der Waals surface area contributed by atoms with Gasteiger partial charge in [0, 0.05) is 12.6 Å². The van der Waals surface area contributed by atoms with Crippen molar-refractivity contribution >= 4 is 0 Å². The van der Waals surface area contributed by atoms with E-state index in [1.165, 1.54) is 25.7 Å². The van der Waals surface area contributed by atoms with E-state index in [1.54, 1.807) is 0 Å². The van der Waals surface area contributed by atoms with E-state index < -0.39 is 0 Å². The van der Waals surface area contributed by atoms with E-state index >= 15 is 0 Å². The van der Waals surface area contributed by atoms with Crippen LogP contribution in [0.5, 0.6) is 0 Å². The Morgan fingerprint density at radius 3 is 2.20 bits per heavy atom. The van der Waals surface area contributed by atoms with E-state index in [0.29, 0.717) is 6.04 Å². The maximum Gasteiger partial charge on any atom is 0.0462 e. The highest BCUT2D eigenvalue weighted by Gasteiger charge is 1.90. The Bertz CT molecular complexity index is 66.9. The van der Waals surface area contributed by atoms with Gasteiger partial charge in [-0.25, -0.2) is 5.26 Å². The van der Waals surface area contributed by atoms with E-state index in [1.807, 2.05) is 0 Å². The fourth-order valence-corrected chi connectivity index (χ4v) is 0.716. The first-order valence-corrected chi connectivity index (χ1v) is 3.78. The van der Waals surface area contributed by atoms with E-state index in [-0.39, 0.29) is 0 Å². The third-order valence-corrected chi connectivity index (χ3v) is 1.26. The molecule has 0 fully saturated rings. The molecule has 0 aromatic carbocycles. The molecule has 0 saturated carbocycles. The summed E-state index contributed by atoms with van der Waals surface area (Å²) in [6.07, 6.45) is 5.12. The quantitative estimate of drug-likeness (QED) is 0.611. The molecule has 2 heteroatoms. The monoisotopic (exact) mass is 142 g/mol. The third-order valence-electron chi connectivity index (χ3n) is 1.26. The Balaban J connectivity index is 0. The van der Waals surface area contributed by atoms with Crippen LogP contribution in [-0.4, -0.2) is 6.04 Å². The summed E-state index contributed by atoms with van der Waals surface area (Å²) in [5.74, 6) is 0. The molecule has 0 aliphatic heterocycles. The first kappa shape index (κ1) is 12.2. The average Bonchev–Trinajstić information content (AvgIpc) is 1.92. The third kappa shape index (κ3) is 15.7. The molecular weight excluding hydrogens is 124 g/mol. The first-order chi connectivity index (χ1) is 4.77. The van der Waals surface area contributed by atoms with Gasteiger partial charge in [-0.3, -0.25) is 0 Å². The van der Waals surface area contributed by atoms with Crippen LogP contribution >= 0.6 is 0 Å². The van der Waals surface area contributed by atoms with E-state index in [2.05, 4.69) is 20.4 Å². The predicted octanol–water partition coefficient (Wildman–Crippen LogP) is 2.05. The summed E-state index contributed by atoms with van der Waals surface area (Å²) >= 11 is 0. The standard InChI is InChI=1S/C7H17N.CHN/c1-3-4-5-6-7(2)8;1-2/h7H,3-6,8H2,1-2H3;1H. The molecule has 2 N–H and O–H groups in total. The zero-order valence-electron chi connectivity index (χ0n) is 7.01. The fraction of sp³-hybridized carbons (Fsp3) is 0.875. The van der Waals surface area contributed by atoms with Gasteiger partial charge < -0.3 is 5.73 Å². The molecule has 10 heavy (non-hydrogen) atoms. The molecule has 0 aromatic rings. The minimum atomic E-state index is 0.404. The van der Waals surface area contributed by atoms with Crippen LogP contribution in [0.25, 0.3) is 0 Å². The molecule has 60 valence electrons. The molecule has 1 unspecified atom stereocenters. The van der Waals surface area contributed by atoms with E-state index in [4.69, 9.17) is 11.0 Å². The van der Waals surface area contributed by atoms with Gasteiger partial charge in [0.25, 0.3) is 0 Å². The summed E-state index contributed by atoms with van der Waals surface area (Å²) in [6, 6.07) is 0.404. The number of nitriles is 1. The van der Waals surface area contributed by atoms with Gasteiger partial charge in [-0.15, -0.1) is 0 Å². The van der Waals surface area contributed by atoms with Crippen LogP contribution in [-0.2, 0) is 0 Å². The maximum atomic E-state index is 6.50. The predicted molar refractivity (Wildman–Crippen MR) is 44.5 cm³/mol. The van der Waals surface area contributed by atoms with Crippen molar-refractivity contribution in [2.75, 3.05) is 0 Å². The van der Waals surface area contributed by atoms with Crippen molar-refractivity contribution in [3.05, 3.63) is 0 Å². The smallest absolute Gasteiger partial charge is 0.0462 e. The molecule has 0 saturated heterocycles. The lowest BCUT2D eigenvalue weighted by Crippen LogP contribution is -2.13. The van der Waals surface area contributed by atoms with Crippen LogP contribution in [0.3, 0.4) is 0 Å². The topological polar surface area (TPSA) is 49.8 Å². The highest BCUT2D eigenvalue weighted by atomic mass is 14.6. The largest absolute Gasteiger partial charge is 0.328 e. The van der Waals surface area contributed by atoms with Crippen molar-refractivity contribution in [3.8, 4) is 6.57 Å². The van der Waals surface area contributed by atoms with Crippen molar-refractivity contribution < 1.29 is 0 Å². The molecular formula is C8H18N2. The molecule has 0 bridgehead atoms. The van der Waals surface area contributed by atoms with Gasteiger partial charge in [-0.2, -0.15) is 0 Å². The number of nitrogens with two attached hydrogens (primary N) is 1. The zero-order chi connectivity index (χ0) is 8.41. The van der Waals surface area contributed by atoms with Crippen LogP contribution < -0.4 is 5.73 Å². The summed E-state index contributed by atoms with van der Waals surface area (Å²) in [5, 5.41) is 6.50. The number of hydrogen-bond acceptors (Lipinski definition) is 2. The lowest BCUT2D eigenvalue weighted by molar-refractivity contribution is 0.592. The van der Waals surface area contributed by atoms with Crippen LogP contribution in [0, 0.1) is 11.8 Å². The number of rotatable bonds is 4. The molecule has 0 aliphatic rings. The highest BCUT2D eigenvalue weighted by molar-refractivity contribution is 4.51. The fourth-order valence-electron chi connectivity index (χ4n) is 0.716. The summed E-state index contributed by atoms with van der Waals surface area (Å²) in [4.78, 5) is 0. The highest BCUT2D eigenvalue weighted by Crippen LogP contribution is 1.99. The van der Waals surface area contributed by atoms with Gasteiger partial charge in [-0.1, -0.05) is 26.2 Å². The van der Waals surface area contributed by atoms with Gasteiger partial charge >= 0.3 is 0 Å². The van der Waals surface area contributed by atoms with Crippen LogP contribution in [0.15, 0.2) is 0 Å². The van der Waals surface area contributed by atoms with Crippen molar-refractivity contribution in [1.82, 2.24) is 0 Å². The minimum absolute atomic E-state index is 0.404. The number of unbranched alkanes of at least 4 members (excludes halogenated alkanes) is 2. The first-order valence-electron chi connectivity index (χ1n) is 3.78. The number of nitrogens with zero attached hydrogens (tertiary/aromatic N) is 1. The lowest BCUT2D eigenvalue weighted by atomic mass is 10.1. The van der Waals surface area contributed by atoms with Gasteiger partial charge in [0.2, 0.25) is 0 Å². The Morgan fingerprint density at radius 1 is 1.40 bits per heavy atom. The molecule has 0 rings (SSSR count). The van der Waals surface area contributed by atoms with Gasteiger partial charge in [-0.05, 0) is 13.3 Å². The molecule has 0 amide bonds. The van der Waals surface area contributed by atoms with E-state index in [9.17, 15) is 0 Å². The molecule has 0 spiro atoms. The van der Waals surface area contributed by atoms with Gasteiger partial charge in [0.1, 0.15) is 0 Å². The summed E-state index contributed by atoms with van der Waals surface area (Å²) < 4.78 is 0. The maximum absolute atomic E-state index is 6.50. The Morgan fingerprint density at radius 2 is 1.90 bits per heavy atom. The second kappa shape index (κ2) is 11.3. The zero-order valence-corrected chi connectivity index (χ0v) is 7.01. The van der Waals surface area contributed by atoms with Crippen LogP contribution in [0.2, 0.25) is 0 Å². The van der Waals surface area contributed by atoms with Crippen molar-refractivity contribution in [2.24, 2.45) is 5.73 Å². The van der Waals surface area contributed by atoms with Gasteiger partial charge in [0.15, 0.2) is 0 Å². The van der Waals surface area contributed by atoms with Crippen LogP contribution in [0.1, 0.15) is 39.5 Å². The second-order valence-corrected chi connectivity index (χ2v) is 2.47. The number of hydrogen-bond donors (Lipinski definition) is 1. The summed E-state index contributed by atoms with van der Waals surface area (Å²) in [5.41, 5.74) is 5.53. The van der Waals surface area contributed by atoms with Crippen LogP contribution in [0.4, 0.5) is 0 Å². The Labute approximate surface area is 64.0 Å². The molecule has 0 radical (unpaired) electrons. The SMILES string of the molecule is C#N.CCCCCC(C)N. The summed E-state index contributed by atoms with van der Waals surface area (Å²) in [7, 11) is 0. The summed E-state index contributed by atoms with van der Waals surface area (Å²) in [6.45, 7) is 7.77. The Kier molecular flexibility index (Phi) is 13.7. The molecule has 0 aromatic heterocycles. The molecule has 0 aliphatic carbocycles. The minimum Gasteiger partial charge on any atom is -0.328 e. The molecule has 1 atom stereocenters. The van der Waals surface area contributed by atoms with E-state index in [0.717, 1.165) is 0 Å². The Hall–Kier alpha value is -0.550. The van der Waals surface area contributed by atoms with Crippen molar-refractivity contribution in [3.63, 3.8) is 0 Å². The van der Waals surface area contributed by atoms with Gasteiger partial charge in [0.05, 0.1) is 0 Å².